The monoisotopic (exact) mass is 284 g/mol. The summed E-state index contributed by atoms with van der Waals surface area (Å²) in [5, 5.41) is 3.18. The summed E-state index contributed by atoms with van der Waals surface area (Å²) in [4.78, 5) is 25.2. The highest BCUT2D eigenvalue weighted by atomic mass is 16.6. The number of likely N-dealkylation sites (tertiary alicyclic amines) is 1. The molecule has 0 unspecified atom stereocenters. The van der Waals surface area contributed by atoms with Crippen molar-refractivity contribution in [2.45, 2.75) is 38.8 Å². The van der Waals surface area contributed by atoms with Crippen molar-refractivity contribution in [1.29, 1.82) is 0 Å². The molecule has 6 nitrogen and oxygen atoms in total. The second-order valence-electron chi connectivity index (χ2n) is 6.55. The molecule has 1 N–H and O–H groups in total. The number of hydrogen-bond acceptors (Lipinski definition) is 5. The van der Waals surface area contributed by atoms with Gasteiger partial charge < -0.3 is 19.7 Å². The predicted molar refractivity (Wildman–Crippen MR) is 73.2 cm³/mol. The van der Waals surface area contributed by atoms with Crippen LogP contribution in [0.1, 0.15) is 27.2 Å². The Hall–Kier alpha value is -1.30. The molecule has 2 fully saturated rings. The standard InChI is InChI=1S/C14H24N2O4/c1-14(2,3)20-13(18)16-7-9(8-16)10-5-6-15-11(10)12(17)19-4/h9-11,15H,5-8H2,1-4H3/t10-,11-/m0/s1. The molecule has 2 saturated heterocycles. The Morgan fingerprint density at radius 2 is 1.90 bits per heavy atom. The predicted octanol–water partition coefficient (Wildman–Crippen LogP) is 1.00. The lowest BCUT2D eigenvalue weighted by Crippen LogP contribution is -2.56. The Morgan fingerprint density at radius 1 is 1.25 bits per heavy atom. The zero-order valence-corrected chi connectivity index (χ0v) is 12.6. The minimum absolute atomic E-state index is 0.205. The molecule has 2 aliphatic heterocycles. The molecule has 2 rings (SSSR count). The van der Waals surface area contributed by atoms with Crippen molar-refractivity contribution in [2.24, 2.45) is 11.8 Å². The van der Waals surface area contributed by atoms with Crippen molar-refractivity contribution in [3.8, 4) is 0 Å². The van der Waals surface area contributed by atoms with Crippen LogP contribution in [0, 0.1) is 11.8 Å². The lowest BCUT2D eigenvalue weighted by molar-refractivity contribution is -0.144. The third kappa shape index (κ3) is 3.23. The summed E-state index contributed by atoms with van der Waals surface area (Å²) in [7, 11) is 1.41. The summed E-state index contributed by atoms with van der Waals surface area (Å²) in [5.41, 5.74) is -0.467. The fourth-order valence-corrected chi connectivity index (χ4v) is 2.88. The largest absolute Gasteiger partial charge is 0.468 e. The first kappa shape index (κ1) is 15.1. The van der Waals surface area contributed by atoms with Crippen LogP contribution in [-0.2, 0) is 14.3 Å². The topological polar surface area (TPSA) is 67.9 Å². The van der Waals surface area contributed by atoms with E-state index in [1.165, 1.54) is 7.11 Å². The van der Waals surface area contributed by atoms with Crippen molar-refractivity contribution < 1.29 is 19.1 Å². The maximum absolute atomic E-state index is 11.9. The highest BCUT2D eigenvalue weighted by Gasteiger charge is 2.45. The average Bonchev–Trinajstić information content (AvgIpc) is 2.72. The molecule has 6 heteroatoms. The van der Waals surface area contributed by atoms with Gasteiger partial charge in [0.25, 0.3) is 0 Å². The molecule has 1 amide bonds. The van der Waals surface area contributed by atoms with Gasteiger partial charge in [-0.1, -0.05) is 0 Å². The van der Waals surface area contributed by atoms with Gasteiger partial charge in [0.05, 0.1) is 7.11 Å². The van der Waals surface area contributed by atoms with Gasteiger partial charge in [-0.05, 0) is 45.6 Å². The van der Waals surface area contributed by atoms with Gasteiger partial charge in [0.2, 0.25) is 0 Å². The van der Waals surface area contributed by atoms with E-state index in [1.54, 1.807) is 4.90 Å². The van der Waals surface area contributed by atoms with Gasteiger partial charge in [-0.3, -0.25) is 4.79 Å². The van der Waals surface area contributed by atoms with Crippen molar-refractivity contribution >= 4 is 12.1 Å². The van der Waals surface area contributed by atoms with Crippen LogP contribution in [0.2, 0.25) is 0 Å². The van der Waals surface area contributed by atoms with E-state index < -0.39 is 5.60 Å². The van der Waals surface area contributed by atoms with Crippen LogP contribution in [0.25, 0.3) is 0 Å². The number of nitrogens with one attached hydrogen (secondary N) is 1. The molecular formula is C14H24N2O4. The van der Waals surface area contributed by atoms with E-state index in [0.29, 0.717) is 19.0 Å². The molecule has 0 aromatic rings. The number of carbonyl (C=O) groups excluding carboxylic acids is 2. The fraction of sp³-hybridized carbons (Fsp3) is 0.857. The summed E-state index contributed by atoms with van der Waals surface area (Å²) in [6, 6.07) is -0.231. The first-order valence-corrected chi connectivity index (χ1v) is 7.11. The van der Waals surface area contributed by atoms with Gasteiger partial charge in [0.1, 0.15) is 11.6 Å². The highest BCUT2D eigenvalue weighted by Crippen LogP contribution is 2.32. The fourth-order valence-electron chi connectivity index (χ4n) is 2.88. The Bertz CT molecular complexity index is 385. The number of nitrogens with zero attached hydrogens (tertiary/aromatic N) is 1. The molecule has 114 valence electrons. The summed E-state index contributed by atoms with van der Waals surface area (Å²) in [6.07, 6.45) is 0.682. The molecular weight excluding hydrogens is 260 g/mol. The van der Waals surface area contributed by atoms with Crippen molar-refractivity contribution in [1.82, 2.24) is 10.2 Å². The minimum Gasteiger partial charge on any atom is -0.468 e. The molecule has 0 aliphatic carbocycles. The molecule has 0 aromatic heterocycles. The Morgan fingerprint density at radius 3 is 2.45 bits per heavy atom. The molecule has 0 bridgehead atoms. The van der Waals surface area contributed by atoms with Crippen LogP contribution in [-0.4, -0.2) is 55.3 Å². The molecule has 2 heterocycles. The molecule has 0 radical (unpaired) electrons. The molecule has 0 aromatic carbocycles. The van der Waals surface area contributed by atoms with E-state index >= 15 is 0 Å². The summed E-state index contributed by atoms with van der Waals surface area (Å²) < 4.78 is 10.1. The first-order valence-electron chi connectivity index (χ1n) is 7.11. The van der Waals surface area contributed by atoms with Crippen LogP contribution in [0.4, 0.5) is 4.79 Å². The molecule has 0 saturated carbocycles. The van der Waals surface area contributed by atoms with E-state index in [2.05, 4.69) is 5.32 Å². The van der Waals surface area contributed by atoms with E-state index in [1.807, 2.05) is 20.8 Å². The maximum Gasteiger partial charge on any atom is 0.410 e. The van der Waals surface area contributed by atoms with E-state index in [-0.39, 0.29) is 24.0 Å². The van der Waals surface area contributed by atoms with Crippen LogP contribution in [0.15, 0.2) is 0 Å². The lowest BCUT2D eigenvalue weighted by atomic mass is 9.81. The number of methoxy groups -OCH3 is 1. The number of hydrogen-bond donors (Lipinski definition) is 1. The number of ether oxygens (including phenoxy) is 2. The normalized spacial score (nSPS) is 27.1. The van der Waals surface area contributed by atoms with Gasteiger partial charge in [-0.15, -0.1) is 0 Å². The SMILES string of the molecule is COC(=O)[C@H]1NCC[C@H]1C1CN(C(=O)OC(C)(C)C)C1. The zero-order valence-electron chi connectivity index (χ0n) is 12.6. The average molecular weight is 284 g/mol. The zero-order chi connectivity index (χ0) is 14.9. The van der Waals surface area contributed by atoms with E-state index in [4.69, 9.17) is 9.47 Å². The van der Waals surface area contributed by atoms with Gasteiger partial charge in [-0.2, -0.15) is 0 Å². The molecule has 0 spiro atoms. The van der Waals surface area contributed by atoms with Crippen molar-refractivity contribution in [3.63, 3.8) is 0 Å². The number of amides is 1. The summed E-state index contributed by atoms with van der Waals surface area (Å²) in [6.45, 7) is 7.72. The molecule has 2 aliphatic rings. The number of rotatable bonds is 2. The van der Waals surface area contributed by atoms with Gasteiger partial charge in [0.15, 0.2) is 0 Å². The van der Waals surface area contributed by atoms with Crippen LogP contribution in [0.5, 0.6) is 0 Å². The van der Waals surface area contributed by atoms with E-state index in [9.17, 15) is 9.59 Å². The van der Waals surface area contributed by atoms with Gasteiger partial charge in [0, 0.05) is 13.1 Å². The quantitative estimate of drug-likeness (QED) is 0.766. The summed E-state index contributed by atoms with van der Waals surface area (Å²) in [5.74, 6) is 0.394. The minimum atomic E-state index is -0.467. The van der Waals surface area contributed by atoms with Crippen LogP contribution >= 0.6 is 0 Å². The highest BCUT2D eigenvalue weighted by molar-refractivity contribution is 5.76. The molecule has 20 heavy (non-hydrogen) atoms. The van der Waals surface area contributed by atoms with Crippen molar-refractivity contribution in [2.75, 3.05) is 26.7 Å². The second-order valence-corrected chi connectivity index (χ2v) is 6.55. The summed E-state index contributed by atoms with van der Waals surface area (Å²) >= 11 is 0. The Labute approximate surface area is 119 Å². The first-order chi connectivity index (χ1) is 9.31. The third-order valence-corrected chi connectivity index (χ3v) is 3.89. The number of esters is 1. The molecule has 2 atom stereocenters. The maximum atomic E-state index is 11.9. The number of carbonyl (C=O) groups is 2. The van der Waals surface area contributed by atoms with Crippen LogP contribution in [0.3, 0.4) is 0 Å². The van der Waals surface area contributed by atoms with Gasteiger partial charge in [-0.25, -0.2) is 4.79 Å². The Kier molecular flexibility index (Phi) is 4.22. The van der Waals surface area contributed by atoms with Crippen molar-refractivity contribution in [3.05, 3.63) is 0 Å². The van der Waals surface area contributed by atoms with Crippen LogP contribution < -0.4 is 5.32 Å². The second kappa shape index (κ2) is 5.60. The van der Waals surface area contributed by atoms with Gasteiger partial charge >= 0.3 is 12.1 Å². The lowest BCUT2D eigenvalue weighted by Gasteiger charge is -2.43. The van der Waals surface area contributed by atoms with E-state index in [0.717, 1.165) is 13.0 Å². The smallest absolute Gasteiger partial charge is 0.410 e. The Balaban J connectivity index is 1.84. The third-order valence-electron chi connectivity index (χ3n) is 3.89.